The highest BCUT2D eigenvalue weighted by atomic mass is 35.5. The van der Waals surface area contributed by atoms with Crippen LogP contribution in [0, 0.1) is 5.82 Å². The van der Waals surface area contributed by atoms with E-state index in [1.165, 1.54) is 24.3 Å². The van der Waals surface area contributed by atoms with Crippen LogP contribution in [-0.4, -0.2) is 54.4 Å². The molecule has 0 N–H and O–H groups in total. The van der Waals surface area contributed by atoms with Crippen molar-refractivity contribution < 1.29 is 18.7 Å². The van der Waals surface area contributed by atoms with Crippen molar-refractivity contribution in [3.63, 3.8) is 0 Å². The minimum absolute atomic E-state index is 0.180. The van der Waals surface area contributed by atoms with Crippen LogP contribution in [0.4, 0.5) is 4.39 Å². The lowest BCUT2D eigenvalue weighted by atomic mass is 10.1. The first kappa shape index (κ1) is 19.5. The van der Waals surface area contributed by atoms with Gasteiger partial charge < -0.3 is 14.5 Å². The van der Waals surface area contributed by atoms with Crippen molar-refractivity contribution >= 4 is 35.0 Å². The Morgan fingerprint density at radius 3 is 2.37 bits per heavy atom. The summed E-state index contributed by atoms with van der Waals surface area (Å²) in [6.45, 7) is 1.39. The van der Waals surface area contributed by atoms with Gasteiger partial charge in [-0.15, -0.1) is 0 Å². The fraction of sp³-hybridized carbons (Fsp3) is 0.263. The molecule has 1 aliphatic heterocycles. The van der Waals surface area contributed by atoms with Crippen LogP contribution >= 0.6 is 23.2 Å². The van der Waals surface area contributed by atoms with Gasteiger partial charge in [0.25, 0.3) is 11.8 Å². The summed E-state index contributed by atoms with van der Waals surface area (Å²) in [5, 5.41) is 0.764. The predicted molar refractivity (Wildman–Crippen MR) is 101 cm³/mol. The van der Waals surface area contributed by atoms with Crippen molar-refractivity contribution in [2.24, 2.45) is 0 Å². The number of amides is 2. The van der Waals surface area contributed by atoms with Gasteiger partial charge in [0.15, 0.2) is 6.61 Å². The maximum absolute atomic E-state index is 13.1. The van der Waals surface area contributed by atoms with Crippen molar-refractivity contribution in [2.45, 2.75) is 0 Å². The number of piperazine rings is 1. The van der Waals surface area contributed by atoms with Gasteiger partial charge in [-0.2, -0.15) is 0 Å². The summed E-state index contributed by atoms with van der Waals surface area (Å²) in [4.78, 5) is 28.1. The van der Waals surface area contributed by atoms with Gasteiger partial charge in [-0.25, -0.2) is 4.39 Å². The number of benzene rings is 2. The van der Waals surface area contributed by atoms with Crippen molar-refractivity contribution in [1.82, 2.24) is 9.80 Å². The van der Waals surface area contributed by atoms with Gasteiger partial charge in [0.2, 0.25) is 0 Å². The van der Waals surface area contributed by atoms with Crippen LogP contribution in [0.15, 0.2) is 42.5 Å². The van der Waals surface area contributed by atoms with E-state index in [1.807, 2.05) is 0 Å². The van der Waals surface area contributed by atoms with E-state index in [0.29, 0.717) is 47.5 Å². The van der Waals surface area contributed by atoms with Crippen LogP contribution in [0.5, 0.6) is 5.75 Å². The molecule has 1 saturated heterocycles. The largest absolute Gasteiger partial charge is 0.484 e. The number of hydrogen-bond donors (Lipinski definition) is 0. The van der Waals surface area contributed by atoms with E-state index in [9.17, 15) is 14.0 Å². The van der Waals surface area contributed by atoms with Gasteiger partial charge in [0.05, 0.1) is 10.6 Å². The van der Waals surface area contributed by atoms with Gasteiger partial charge in [-0.1, -0.05) is 29.3 Å². The molecule has 27 heavy (non-hydrogen) atoms. The number of ether oxygens (including phenoxy) is 1. The third kappa shape index (κ3) is 4.90. The van der Waals surface area contributed by atoms with Gasteiger partial charge in [-0.3, -0.25) is 9.59 Å². The summed E-state index contributed by atoms with van der Waals surface area (Å²) in [6.07, 6.45) is 0. The normalized spacial score (nSPS) is 14.2. The molecule has 2 aromatic rings. The first-order valence-electron chi connectivity index (χ1n) is 8.34. The molecule has 2 amide bonds. The Labute approximate surface area is 166 Å². The molecule has 3 rings (SSSR count). The number of carbonyl (C=O) groups excluding carboxylic acids is 2. The summed E-state index contributed by atoms with van der Waals surface area (Å²) in [5.74, 6) is -0.529. The molecule has 0 spiro atoms. The molecular formula is C19H17Cl2FN2O3. The van der Waals surface area contributed by atoms with Gasteiger partial charge in [0, 0.05) is 37.3 Å². The minimum atomic E-state index is -0.423. The van der Waals surface area contributed by atoms with Crippen LogP contribution < -0.4 is 4.74 Å². The first-order valence-corrected chi connectivity index (χ1v) is 9.10. The zero-order valence-electron chi connectivity index (χ0n) is 14.3. The summed E-state index contributed by atoms with van der Waals surface area (Å²) in [7, 11) is 0. The van der Waals surface area contributed by atoms with Crippen LogP contribution in [0.1, 0.15) is 10.4 Å². The molecule has 2 aromatic carbocycles. The van der Waals surface area contributed by atoms with E-state index < -0.39 is 5.82 Å². The summed E-state index contributed by atoms with van der Waals surface area (Å²) in [5.41, 5.74) is 0.385. The lowest BCUT2D eigenvalue weighted by Gasteiger charge is -2.34. The lowest BCUT2D eigenvalue weighted by molar-refractivity contribution is -0.134. The van der Waals surface area contributed by atoms with E-state index in [-0.39, 0.29) is 18.4 Å². The number of nitrogens with zero attached hydrogens (tertiary/aromatic N) is 2. The second-order valence-corrected chi connectivity index (χ2v) is 6.89. The second kappa shape index (κ2) is 8.59. The molecule has 0 aliphatic carbocycles. The lowest BCUT2D eigenvalue weighted by Crippen LogP contribution is -2.51. The van der Waals surface area contributed by atoms with Gasteiger partial charge >= 0.3 is 0 Å². The SMILES string of the molecule is O=C(COc1cccc(F)c1)N1CCN(C(=O)c2ccc(Cl)cc2Cl)CC1. The van der Waals surface area contributed by atoms with E-state index in [0.717, 1.165) is 0 Å². The highest BCUT2D eigenvalue weighted by Gasteiger charge is 2.26. The zero-order valence-corrected chi connectivity index (χ0v) is 15.8. The Balaban J connectivity index is 1.52. The minimum Gasteiger partial charge on any atom is -0.484 e. The van der Waals surface area contributed by atoms with Crippen molar-refractivity contribution in [2.75, 3.05) is 32.8 Å². The third-order valence-electron chi connectivity index (χ3n) is 4.24. The molecule has 1 aliphatic rings. The first-order chi connectivity index (χ1) is 12.9. The Morgan fingerprint density at radius 2 is 1.70 bits per heavy atom. The fourth-order valence-corrected chi connectivity index (χ4v) is 3.27. The van der Waals surface area contributed by atoms with Crippen LogP contribution in [0.3, 0.4) is 0 Å². The quantitative estimate of drug-likeness (QED) is 0.774. The third-order valence-corrected chi connectivity index (χ3v) is 4.79. The Morgan fingerprint density at radius 1 is 1.00 bits per heavy atom. The molecule has 0 atom stereocenters. The summed E-state index contributed by atoms with van der Waals surface area (Å²) >= 11 is 12.0. The van der Waals surface area contributed by atoms with Crippen molar-refractivity contribution in [3.05, 3.63) is 63.9 Å². The maximum atomic E-state index is 13.1. The zero-order chi connectivity index (χ0) is 19.4. The van der Waals surface area contributed by atoms with Crippen LogP contribution in [0.2, 0.25) is 10.0 Å². The maximum Gasteiger partial charge on any atom is 0.260 e. The Kier molecular flexibility index (Phi) is 6.19. The summed E-state index contributed by atoms with van der Waals surface area (Å²) < 4.78 is 18.5. The van der Waals surface area contributed by atoms with Gasteiger partial charge in [0.1, 0.15) is 11.6 Å². The number of rotatable bonds is 4. The topological polar surface area (TPSA) is 49.9 Å². The highest BCUT2D eigenvalue weighted by Crippen LogP contribution is 2.23. The van der Waals surface area contributed by atoms with E-state index in [2.05, 4.69) is 0 Å². The Hall–Kier alpha value is -2.31. The average molecular weight is 411 g/mol. The molecular weight excluding hydrogens is 394 g/mol. The van der Waals surface area contributed by atoms with Crippen molar-refractivity contribution in [1.29, 1.82) is 0 Å². The molecule has 0 radical (unpaired) electrons. The molecule has 142 valence electrons. The molecule has 0 saturated carbocycles. The number of carbonyl (C=O) groups is 2. The van der Waals surface area contributed by atoms with E-state index >= 15 is 0 Å². The van der Waals surface area contributed by atoms with Gasteiger partial charge in [-0.05, 0) is 30.3 Å². The fourth-order valence-electron chi connectivity index (χ4n) is 2.79. The predicted octanol–water partition coefficient (Wildman–Crippen LogP) is 3.50. The van der Waals surface area contributed by atoms with Crippen LogP contribution in [-0.2, 0) is 4.79 Å². The monoisotopic (exact) mass is 410 g/mol. The highest BCUT2D eigenvalue weighted by molar-refractivity contribution is 6.36. The van der Waals surface area contributed by atoms with Crippen LogP contribution in [0.25, 0.3) is 0 Å². The number of hydrogen-bond acceptors (Lipinski definition) is 3. The van der Waals surface area contributed by atoms with E-state index in [4.69, 9.17) is 27.9 Å². The number of halogens is 3. The smallest absolute Gasteiger partial charge is 0.260 e. The molecule has 1 fully saturated rings. The molecule has 8 heteroatoms. The molecule has 0 aromatic heterocycles. The molecule has 0 bridgehead atoms. The second-order valence-electron chi connectivity index (χ2n) is 6.04. The molecule has 5 nitrogen and oxygen atoms in total. The molecule has 0 unspecified atom stereocenters. The van der Waals surface area contributed by atoms with Crippen molar-refractivity contribution in [3.8, 4) is 5.75 Å². The summed E-state index contributed by atoms with van der Waals surface area (Å²) in [6, 6.07) is 10.4. The molecule has 1 heterocycles. The Bertz CT molecular complexity index is 855. The van der Waals surface area contributed by atoms with E-state index in [1.54, 1.807) is 28.0 Å². The average Bonchev–Trinajstić information content (AvgIpc) is 2.66. The standard InChI is InChI=1S/C19H17Cl2FN2O3/c20-13-4-5-16(17(21)10-13)19(26)24-8-6-23(7-9-24)18(25)12-27-15-3-1-2-14(22)11-15/h1-5,10-11H,6-9,12H2.